The molecule has 0 aliphatic rings. The van der Waals surface area contributed by atoms with Gasteiger partial charge in [-0.05, 0) is 6.07 Å². The average Bonchev–Trinajstić information content (AvgIpc) is 2.41. The molecule has 6 nitrogen and oxygen atoms in total. The number of rotatable bonds is 6. The number of hydrogen-bond donors (Lipinski definition) is 2. The third-order valence-electron chi connectivity index (χ3n) is 2.14. The molecule has 1 heterocycles. The van der Waals surface area contributed by atoms with E-state index in [2.05, 4.69) is 9.72 Å². The first-order chi connectivity index (χ1) is 9.73. The maximum absolute atomic E-state index is 12.3. The summed E-state index contributed by atoms with van der Waals surface area (Å²) in [7, 11) is 0. The number of amides is 1. The Hall–Kier alpha value is -2.39. The number of alkyl halides is 4. The Morgan fingerprint density at radius 2 is 2.05 bits per heavy atom. The van der Waals surface area contributed by atoms with Crippen molar-refractivity contribution in [1.29, 1.82) is 0 Å². The van der Waals surface area contributed by atoms with Crippen molar-refractivity contribution in [2.24, 2.45) is 0 Å². The molecule has 116 valence electrons. The van der Waals surface area contributed by atoms with Crippen LogP contribution in [0, 0.1) is 0 Å². The van der Waals surface area contributed by atoms with E-state index in [9.17, 15) is 27.2 Å². The number of nitrogens with zero attached hydrogens (tertiary/aromatic N) is 1. The lowest BCUT2D eigenvalue weighted by atomic mass is 10.2. The first-order valence-corrected chi connectivity index (χ1v) is 5.48. The Morgan fingerprint density at radius 3 is 2.48 bits per heavy atom. The standard InChI is InChI=1S/C11H10F4N2O4/c12-3-7(10(19)20)17-9(18)6-1-2-8(16-4-6)21-5-11(13,14)15/h1-2,4,7H,3,5H2,(H,17,18)(H,19,20). The molecule has 1 rings (SSSR count). The summed E-state index contributed by atoms with van der Waals surface area (Å²) >= 11 is 0. The van der Waals surface area contributed by atoms with E-state index in [-0.39, 0.29) is 11.4 Å². The van der Waals surface area contributed by atoms with Crippen molar-refractivity contribution in [1.82, 2.24) is 10.3 Å². The van der Waals surface area contributed by atoms with E-state index in [1.54, 1.807) is 0 Å². The Bertz CT molecular complexity index is 504. The molecule has 0 saturated carbocycles. The van der Waals surface area contributed by atoms with Gasteiger partial charge < -0.3 is 15.2 Å². The van der Waals surface area contributed by atoms with Gasteiger partial charge in [-0.2, -0.15) is 13.2 Å². The summed E-state index contributed by atoms with van der Waals surface area (Å²) in [4.78, 5) is 25.5. The van der Waals surface area contributed by atoms with E-state index >= 15 is 0 Å². The van der Waals surface area contributed by atoms with Crippen molar-refractivity contribution < 1.29 is 37.0 Å². The number of halogens is 4. The molecule has 0 fully saturated rings. The summed E-state index contributed by atoms with van der Waals surface area (Å²) in [5.41, 5.74) is -0.144. The van der Waals surface area contributed by atoms with E-state index in [0.717, 1.165) is 18.3 Å². The van der Waals surface area contributed by atoms with Crippen molar-refractivity contribution in [3.8, 4) is 5.88 Å². The lowest BCUT2D eigenvalue weighted by molar-refractivity contribution is -0.154. The van der Waals surface area contributed by atoms with Crippen LogP contribution in [0.15, 0.2) is 18.3 Å². The third-order valence-corrected chi connectivity index (χ3v) is 2.14. The van der Waals surface area contributed by atoms with Crippen LogP contribution in [-0.4, -0.2) is 47.5 Å². The molecule has 1 aromatic rings. The molecule has 0 radical (unpaired) electrons. The smallest absolute Gasteiger partial charge is 0.422 e. The molecule has 2 N–H and O–H groups in total. The van der Waals surface area contributed by atoms with Crippen LogP contribution < -0.4 is 10.1 Å². The minimum Gasteiger partial charge on any atom is -0.480 e. The molecule has 0 spiro atoms. The van der Waals surface area contributed by atoms with Crippen LogP contribution in [0.5, 0.6) is 5.88 Å². The van der Waals surface area contributed by atoms with Crippen molar-refractivity contribution in [2.45, 2.75) is 12.2 Å². The summed E-state index contributed by atoms with van der Waals surface area (Å²) in [6.45, 7) is -2.84. The van der Waals surface area contributed by atoms with Gasteiger partial charge in [0.2, 0.25) is 5.88 Å². The molecular formula is C11H10F4N2O4. The lowest BCUT2D eigenvalue weighted by Gasteiger charge is -2.11. The molecule has 0 saturated heterocycles. The number of ether oxygens (including phenoxy) is 1. The monoisotopic (exact) mass is 310 g/mol. The van der Waals surface area contributed by atoms with Crippen LogP contribution >= 0.6 is 0 Å². The second kappa shape index (κ2) is 6.86. The summed E-state index contributed by atoms with van der Waals surface area (Å²) in [6, 6.07) is 0.371. The fourth-order valence-electron chi connectivity index (χ4n) is 1.16. The molecule has 0 aromatic carbocycles. The summed E-state index contributed by atoms with van der Waals surface area (Å²) in [6.07, 6.45) is -3.63. The maximum Gasteiger partial charge on any atom is 0.422 e. The number of hydrogen-bond acceptors (Lipinski definition) is 4. The first kappa shape index (κ1) is 16.7. The number of nitrogens with one attached hydrogen (secondary N) is 1. The highest BCUT2D eigenvalue weighted by atomic mass is 19.4. The largest absolute Gasteiger partial charge is 0.480 e. The fraction of sp³-hybridized carbons (Fsp3) is 0.364. The molecule has 1 atom stereocenters. The van der Waals surface area contributed by atoms with Crippen molar-refractivity contribution in [3.05, 3.63) is 23.9 Å². The Labute approximate surface area is 115 Å². The molecule has 0 aliphatic carbocycles. The maximum atomic E-state index is 12.3. The predicted octanol–water partition coefficient (Wildman–Crippen LogP) is 1.18. The van der Waals surface area contributed by atoms with Crippen LogP contribution in [-0.2, 0) is 4.79 Å². The zero-order chi connectivity index (χ0) is 16.0. The Morgan fingerprint density at radius 1 is 1.38 bits per heavy atom. The second-order valence-electron chi connectivity index (χ2n) is 3.81. The zero-order valence-electron chi connectivity index (χ0n) is 10.4. The number of carboxylic acid groups (broad SMARTS) is 1. The highest BCUT2D eigenvalue weighted by molar-refractivity contribution is 5.96. The average molecular weight is 310 g/mol. The molecule has 21 heavy (non-hydrogen) atoms. The fourth-order valence-corrected chi connectivity index (χ4v) is 1.16. The molecular weight excluding hydrogens is 300 g/mol. The van der Waals surface area contributed by atoms with Gasteiger partial charge in [0.05, 0.1) is 5.56 Å². The van der Waals surface area contributed by atoms with Gasteiger partial charge in [0.25, 0.3) is 5.91 Å². The minimum atomic E-state index is -4.52. The zero-order valence-corrected chi connectivity index (χ0v) is 10.4. The molecule has 0 aliphatic heterocycles. The predicted molar refractivity (Wildman–Crippen MR) is 60.7 cm³/mol. The molecule has 1 aromatic heterocycles. The quantitative estimate of drug-likeness (QED) is 0.770. The number of pyridine rings is 1. The summed E-state index contributed by atoms with van der Waals surface area (Å²) in [5.74, 6) is -2.83. The van der Waals surface area contributed by atoms with E-state index in [4.69, 9.17) is 5.11 Å². The van der Waals surface area contributed by atoms with Crippen LogP contribution in [0.25, 0.3) is 0 Å². The number of aromatic nitrogens is 1. The van der Waals surface area contributed by atoms with E-state index < -0.39 is 37.4 Å². The van der Waals surface area contributed by atoms with Gasteiger partial charge in [-0.15, -0.1) is 0 Å². The highest BCUT2D eigenvalue weighted by Crippen LogP contribution is 2.17. The SMILES string of the molecule is O=C(NC(CF)C(=O)O)c1ccc(OCC(F)(F)F)nc1. The van der Waals surface area contributed by atoms with Gasteiger partial charge in [0.15, 0.2) is 12.6 Å². The summed E-state index contributed by atoms with van der Waals surface area (Å²) < 4.78 is 52.3. The molecule has 10 heteroatoms. The summed E-state index contributed by atoms with van der Waals surface area (Å²) in [5, 5.41) is 10.4. The topological polar surface area (TPSA) is 88.5 Å². The van der Waals surface area contributed by atoms with Gasteiger partial charge in [0, 0.05) is 12.3 Å². The number of carbonyl (C=O) groups is 2. The lowest BCUT2D eigenvalue weighted by Crippen LogP contribution is -2.42. The molecule has 0 bridgehead atoms. The van der Waals surface area contributed by atoms with Gasteiger partial charge in [-0.3, -0.25) is 4.79 Å². The Kier molecular flexibility index (Phi) is 5.44. The number of carboxylic acids is 1. The number of carbonyl (C=O) groups excluding carboxylic acids is 1. The van der Waals surface area contributed by atoms with Gasteiger partial charge in [-0.1, -0.05) is 0 Å². The first-order valence-electron chi connectivity index (χ1n) is 5.48. The van der Waals surface area contributed by atoms with Crippen LogP contribution in [0.2, 0.25) is 0 Å². The normalized spacial score (nSPS) is 12.6. The van der Waals surface area contributed by atoms with E-state index in [1.165, 1.54) is 0 Å². The van der Waals surface area contributed by atoms with Crippen molar-refractivity contribution in [2.75, 3.05) is 13.3 Å². The van der Waals surface area contributed by atoms with Crippen LogP contribution in [0.1, 0.15) is 10.4 Å². The number of aliphatic carboxylic acids is 1. The highest BCUT2D eigenvalue weighted by Gasteiger charge is 2.28. The van der Waals surface area contributed by atoms with Crippen molar-refractivity contribution in [3.63, 3.8) is 0 Å². The minimum absolute atomic E-state index is 0.144. The van der Waals surface area contributed by atoms with Gasteiger partial charge in [0.1, 0.15) is 6.67 Å². The Balaban J connectivity index is 2.65. The third kappa shape index (κ3) is 5.63. The second-order valence-corrected chi connectivity index (χ2v) is 3.81. The van der Waals surface area contributed by atoms with E-state index in [0.29, 0.717) is 0 Å². The molecule has 1 unspecified atom stereocenters. The van der Waals surface area contributed by atoms with Gasteiger partial charge >= 0.3 is 12.1 Å². The van der Waals surface area contributed by atoms with Crippen LogP contribution in [0.4, 0.5) is 17.6 Å². The van der Waals surface area contributed by atoms with Crippen LogP contribution in [0.3, 0.4) is 0 Å². The molecule has 1 amide bonds. The van der Waals surface area contributed by atoms with Gasteiger partial charge in [-0.25, -0.2) is 14.2 Å². The van der Waals surface area contributed by atoms with E-state index in [1.807, 2.05) is 5.32 Å². The van der Waals surface area contributed by atoms with Crippen molar-refractivity contribution >= 4 is 11.9 Å².